The summed E-state index contributed by atoms with van der Waals surface area (Å²) in [5.74, 6) is 1.11. The predicted octanol–water partition coefficient (Wildman–Crippen LogP) is 1.96. The topological polar surface area (TPSA) is 68.2 Å². The number of nitrogens with zero attached hydrogens (tertiary/aromatic N) is 3. The fourth-order valence-corrected chi connectivity index (χ4v) is 1.39. The Balaban J connectivity index is 2.71. The standard InChI is InChI=1S/C11H22N4O/c1-5-8(3)7-15(6-2)11-14-13-10(16-11)9(4)12/h8-9H,5-7,12H2,1-4H3. The van der Waals surface area contributed by atoms with Crippen LogP contribution in [-0.4, -0.2) is 23.3 Å². The molecule has 2 unspecified atom stereocenters. The number of hydrogen-bond acceptors (Lipinski definition) is 5. The maximum atomic E-state index is 5.68. The maximum Gasteiger partial charge on any atom is 0.318 e. The monoisotopic (exact) mass is 226 g/mol. The number of aromatic nitrogens is 2. The molecule has 1 heterocycles. The summed E-state index contributed by atoms with van der Waals surface area (Å²) in [5, 5.41) is 7.96. The van der Waals surface area contributed by atoms with Gasteiger partial charge in [0, 0.05) is 13.1 Å². The van der Waals surface area contributed by atoms with Crippen LogP contribution < -0.4 is 10.6 Å². The van der Waals surface area contributed by atoms with Crippen LogP contribution in [0.3, 0.4) is 0 Å². The minimum absolute atomic E-state index is 0.205. The van der Waals surface area contributed by atoms with Gasteiger partial charge in [0.05, 0.1) is 6.04 Å². The van der Waals surface area contributed by atoms with E-state index in [1.54, 1.807) is 0 Å². The van der Waals surface area contributed by atoms with E-state index in [4.69, 9.17) is 10.2 Å². The van der Waals surface area contributed by atoms with Gasteiger partial charge in [0.15, 0.2) is 0 Å². The van der Waals surface area contributed by atoms with Gasteiger partial charge in [-0.05, 0) is 19.8 Å². The molecule has 0 radical (unpaired) electrons. The summed E-state index contributed by atoms with van der Waals surface area (Å²) >= 11 is 0. The van der Waals surface area contributed by atoms with Crippen LogP contribution in [0.2, 0.25) is 0 Å². The van der Waals surface area contributed by atoms with Crippen molar-refractivity contribution in [2.24, 2.45) is 11.7 Å². The van der Waals surface area contributed by atoms with Crippen LogP contribution in [0, 0.1) is 5.92 Å². The molecule has 5 nitrogen and oxygen atoms in total. The van der Waals surface area contributed by atoms with E-state index >= 15 is 0 Å². The fraction of sp³-hybridized carbons (Fsp3) is 0.818. The smallest absolute Gasteiger partial charge is 0.318 e. The lowest BCUT2D eigenvalue weighted by Gasteiger charge is -2.21. The molecule has 0 aliphatic heterocycles. The van der Waals surface area contributed by atoms with Crippen LogP contribution in [-0.2, 0) is 0 Å². The second-order valence-corrected chi connectivity index (χ2v) is 4.26. The Labute approximate surface area is 97.0 Å². The highest BCUT2D eigenvalue weighted by Crippen LogP contribution is 2.17. The van der Waals surface area contributed by atoms with Gasteiger partial charge in [-0.1, -0.05) is 25.4 Å². The van der Waals surface area contributed by atoms with Crippen LogP contribution in [0.1, 0.15) is 46.0 Å². The molecule has 0 bridgehead atoms. The Morgan fingerprint density at radius 3 is 2.44 bits per heavy atom. The quantitative estimate of drug-likeness (QED) is 0.803. The first-order valence-corrected chi connectivity index (χ1v) is 5.92. The molecule has 0 aromatic carbocycles. The summed E-state index contributed by atoms with van der Waals surface area (Å²) in [6, 6.07) is 0.374. The zero-order valence-corrected chi connectivity index (χ0v) is 10.6. The molecule has 16 heavy (non-hydrogen) atoms. The van der Waals surface area contributed by atoms with E-state index in [2.05, 4.69) is 35.9 Å². The molecule has 0 saturated carbocycles. The van der Waals surface area contributed by atoms with Crippen molar-refractivity contribution in [1.29, 1.82) is 0 Å². The van der Waals surface area contributed by atoms with Crippen molar-refractivity contribution in [2.45, 2.75) is 40.2 Å². The first kappa shape index (κ1) is 13.0. The highest BCUT2D eigenvalue weighted by atomic mass is 16.4. The molecule has 5 heteroatoms. The first-order valence-electron chi connectivity index (χ1n) is 5.92. The Morgan fingerprint density at radius 2 is 2.00 bits per heavy atom. The van der Waals surface area contributed by atoms with E-state index in [0.717, 1.165) is 19.5 Å². The SMILES string of the molecule is CCC(C)CN(CC)c1nnc(C(C)N)o1. The fourth-order valence-electron chi connectivity index (χ4n) is 1.39. The molecule has 1 rings (SSSR count). The minimum atomic E-state index is -0.205. The van der Waals surface area contributed by atoms with Crippen LogP contribution >= 0.6 is 0 Å². The third-order valence-electron chi connectivity index (χ3n) is 2.70. The average molecular weight is 226 g/mol. The Kier molecular flexibility index (Phi) is 4.73. The van der Waals surface area contributed by atoms with Crippen molar-refractivity contribution in [3.05, 3.63) is 5.89 Å². The van der Waals surface area contributed by atoms with Crippen LogP contribution in [0.4, 0.5) is 6.01 Å². The predicted molar refractivity (Wildman–Crippen MR) is 64.2 cm³/mol. The van der Waals surface area contributed by atoms with Crippen molar-refractivity contribution in [3.8, 4) is 0 Å². The van der Waals surface area contributed by atoms with Crippen molar-refractivity contribution < 1.29 is 4.42 Å². The molecular weight excluding hydrogens is 204 g/mol. The largest absolute Gasteiger partial charge is 0.406 e. The number of rotatable bonds is 6. The molecule has 1 aromatic heterocycles. The Bertz CT molecular complexity index is 311. The average Bonchev–Trinajstić information content (AvgIpc) is 2.74. The lowest BCUT2D eigenvalue weighted by Crippen LogP contribution is -2.28. The van der Waals surface area contributed by atoms with Gasteiger partial charge < -0.3 is 15.1 Å². The van der Waals surface area contributed by atoms with Crippen LogP contribution in [0.5, 0.6) is 0 Å². The summed E-state index contributed by atoms with van der Waals surface area (Å²) in [6.07, 6.45) is 1.14. The maximum absolute atomic E-state index is 5.68. The third-order valence-corrected chi connectivity index (χ3v) is 2.70. The van der Waals surface area contributed by atoms with Gasteiger partial charge in [0.2, 0.25) is 5.89 Å². The molecule has 1 aromatic rings. The molecule has 2 N–H and O–H groups in total. The molecule has 0 amide bonds. The zero-order chi connectivity index (χ0) is 12.1. The lowest BCUT2D eigenvalue weighted by molar-refractivity contribution is 0.443. The first-order chi connectivity index (χ1) is 7.58. The molecule has 2 atom stereocenters. The third kappa shape index (κ3) is 3.20. The van der Waals surface area contributed by atoms with E-state index in [0.29, 0.717) is 17.8 Å². The van der Waals surface area contributed by atoms with Crippen LogP contribution in [0.25, 0.3) is 0 Å². The molecule has 0 spiro atoms. The number of hydrogen-bond donors (Lipinski definition) is 1. The normalized spacial score (nSPS) is 14.8. The van der Waals surface area contributed by atoms with Crippen LogP contribution in [0.15, 0.2) is 4.42 Å². The van der Waals surface area contributed by atoms with Gasteiger partial charge in [-0.2, -0.15) is 0 Å². The molecule has 0 aliphatic carbocycles. The van der Waals surface area contributed by atoms with E-state index in [-0.39, 0.29) is 6.04 Å². The summed E-state index contributed by atoms with van der Waals surface area (Å²) < 4.78 is 5.52. The second kappa shape index (κ2) is 5.84. The van der Waals surface area contributed by atoms with Crippen molar-refractivity contribution in [1.82, 2.24) is 10.2 Å². The van der Waals surface area contributed by atoms with Crippen molar-refractivity contribution >= 4 is 6.01 Å². The minimum Gasteiger partial charge on any atom is -0.406 e. The van der Waals surface area contributed by atoms with Crippen molar-refractivity contribution in [2.75, 3.05) is 18.0 Å². The van der Waals surface area contributed by atoms with E-state index in [9.17, 15) is 0 Å². The second-order valence-electron chi connectivity index (χ2n) is 4.26. The lowest BCUT2D eigenvalue weighted by atomic mass is 10.1. The molecular formula is C11H22N4O. The zero-order valence-electron chi connectivity index (χ0n) is 10.6. The van der Waals surface area contributed by atoms with Gasteiger partial charge in [-0.25, -0.2) is 0 Å². The van der Waals surface area contributed by atoms with E-state index in [1.807, 2.05) is 6.92 Å². The highest BCUT2D eigenvalue weighted by molar-refractivity contribution is 5.23. The van der Waals surface area contributed by atoms with E-state index in [1.165, 1.54) is 0 Å². The molecule has 0 aliphatic rings. The summed E-state index contributed by atoms with van der Waals surface area (Å²) in [5.41, 5.74) is 5.68. The van der Waals surface area contributed by atoms with E-state index < -0.39 is 0 Å². The van der Waals surface area contributed by atoms with Gasteiger partial charge in [0.1, 0.15) is 0 Å². The molecule has 0 fully saturated rings. The Morgan fingerprint density at radius 1 is 1.31 bits per heavy atom. The van der Waals surface area contributed by atoms with Crippen molar-refractivity contribution in [3.63, 3.8) is 0 Å². The van der Waals surface area contributed by atoms with Gasteiger partial charge >= 0.3 is 6.01 Å². The number of nitrogens with two attached hydrogens (primary N) is 1. The number of anilines is 1. The molecule has 92 valence electrons. The molecule has 0 saturated heterocycles. The summed E-state index contributed by atoms with van der Waals surface area (Å²) in [4.78, 5) is 2.09. The summed E-state index contributed by atoms with van der Waals surface area (Å²) in [6.45, 7) is 10.1. The highest BCUT2D eigenvalue weighted by Gasteiger charge is 2.16. The van der Waals surface area contributed by atoms with Gasteiger partial charge in [-0.15, -0.1) is 5.10 Å². The van der Waals surface area contributed by atoms with Gasteiger partial charge in [-0.3, -0.25) is 0 Å². The Hall–Kier alpha value is -1.10. The van der Waals surface area contributed by atoms with Gasteiger partial charge in [0.25, 0.3) is 0 Å². The summed E-state index contributed by atoms with van der Waals surface area (Å²) in [7, 11) is 0.